The summed E-state index contributed by atoms with van der Waals surface area (Å²) in [5, 5.41) is 4.00. The van der Waals surface area contributed by atoms with Crippen LogP contribution >= 0.6 is 22.9 Å². The number of nitrogens with zero attached hydrogens (tertiary/aromatic N) is 2. The highest BCUT2D eigenvalue weighted by atomic mass is 35.5. The fraction of sp³-hybridized carbons (Fsp3) is 0.714. The van der Waals surface area contributed by atoms with E-state index in [-0.39, 0.29) is 22.7 Å². The van der Waals surface area contributed by atoms with Gasteiger partial charge in [0.1, 0.15) is 4.88 Å². The molecular formula is C14H22ClN3O2S. The first-order chi connectivity index (χ1) is 9.52. The molecule has 1 atom stereocenters. The maximum absolute atomic E-state index is 12.5. The second kappa shape index (κ2) is 5.41. The number of amides is 1. The van der Waals surface area contributed by atoms with Crippen molar-refractivity contribution in [1.82, 2.24) is 10.3 Å². The summed E-state index contributed by atoms with van der Waals surface area (Å²) in [5.74, 6) is -0.190. The van der Waals surface area contributed by atoms with Crippen LogP contribution in [0.3, 0.4) is 0 Å². The van der Waals surface area contributed by atoms with E-state index in [0.717, 1.165) is 6.42 Å². The van der Waals surface area contributed by atoms with Gasteiger partial charge in [-0.05, 0) is 34.1 Å². The molecule has 1 aliphatic heterocycles. The van der Waals surface area contributed by atoms with Crippen LogP contribution in [0, 0.1) is 0 Å². The molecule has 0 aliphatic carbocycles. The van der Waals surface area contributed by atoms with E-state index >= 15 is 0 Å². The molecule has 118 valence electrons. The molecule has 2 heterocycles. The van der Waals surface area contributed by atoms with Crippen LogP contribution in [0.2, 0.25) is 5.15 Å². The van der Waals surface area contributed by atoms with E-state index in [1.54, 1.807) is 0 Å². The van der Waals surface area contributed by atoms with Crippen molar-refractivity contribution in [2.75, 3.05) is 19.0 Å². The molecule has 0 aromatic carbocycles. The van der Waals surface area contributed by atoms with Gasteiger partial charge in [-0.1, -0.05) is 22.9 Å². The van der Waals surface area contributed by atoms with Crippen LogP contribution in [0.15, 0.2) is 0 Å². The normalized spacial score (nSPS) is 23.1. The van der Waals surface area contributed by atoms with Gasteiger partial charge >= 0.3 is 0 Å². The van der Waals surface area contributed by atoms with Gasteiger partial charge in [0.25, 0.3) is 5.91 Å². The largest absolute Gasteiger partial charge is 0.367 e. The van der Waals surface area contributed by atoms with E-state index in [0.29, 0.717) is 10.0 Å². The number of aromatic nitrogens is 1. The van der Waals surface area contributed by atoms with Gasteiger partial charge in [-0.2, -0.15) is 0 Å². The molecule has 0 unspecified atom stereocenters. The van der Waals surface area contributed by atoms with Crippen LogP contribution in [0.1, 0.15) is 43.8 Å². The summed E-state index contributed by atoms with van der Waals surface area (Å²) in [6.07, 6.45) is 0.767. The summed E-state index contributed by atoms with van der Waals surface area (Å²) in [6, 6.07) is -0.0547. The number of carbonyl (C=O) groups is 1. The molecule has 5 nitrogen and oxygen atoms in total. The van der Waals surface area contributed by atoms with E-state index in [4.69, 9.17) is 16.3 Å². The van der Waals surface area contributed by atoms with Gasteiger partial charge in [-0.25, -0.2) is 4.98 Å². The Kier molecular flexibility index (Phi) is 4.26. The predicted octanol–water partition coefficient (Wildman–Crippen LogP) is 2.94. The Morgan fingerprint density at radius 3 is 2.48 bits per heavy atom. The highest BCUT2D eigenvalue weighted by Crippen LogP contribution is 2.38. The zero-order valence-corrected chi connectivity index (χ0v) is 14.9. The molecule has 1 aliphatic rings. The highest BCUT2D eigenvalue weighted by Gasteiger charge is 2.46. The first kappa shape index (κ1) is 16.5. The molecule has 7 heteroatoms. The third kappa shape index (κ3) is 3.49. The number of nitrogens with one attached hydrogen (secondary N) is 1. The summed E-state index contributed by atoms with van der Waals surface area (Å²) >= 11 is 7.37. The van der Waals surface area contributed by atoms with Crippen molar-refractivity contribution in [3.05, 3.63) is 10.0 Å². The van der Waals surface area contributed by atoms with Crippen molar-refractivity contribution in [2.45, 2.75) is 51.4 Å². The van der Waals surface area contributed by atoms with Crippen molar-refractivity contribution in [3.8, 4) is 0 Å². The van der Waals surface area contributed by atoms with Gasteiger partial charge in [-0.15, -0.1) is 0 Å². The standard InChI is InChI=1S/C14H22ClN3O2S/c1-13(2)7-8(14(3,4)20-13)16-11(19)9-10(15)17-12(21-9)18(5)6/h8H,7H2,1-6H3,(H,16,19)/t8-/m0/s1. The summed E-state index contributed by atoms with van der Waals surface area (Å²) in [4.78, 5) is 18.9. The minimum absolute atomic E-state index is 0.0547. The first-order valence-corrected chi connectivity index (χ1v) is 8.06. The van der Waals surface area contributed by atoms with Crippen LogP contribution in [0.25, 0.3) is 0 Å². The molecule has 0 saturated carbocycles. The zero-order chi connectivity index (χ0) is 16.0. The summed E-state index contributed by atoms with van der Waals surface area (Å²) < 4.78 is 5.99. The number of ether oxygens (including phenoxy) is 1. The van der Waals surface area contributed by atoms with Crippen molar-refractivity contribution >= 4 is 34.0 Å². The molecule has 1 fully saturated rings. The molecule has 21 heavy (non-hydrogen) atoms. The molecule has 1 aromatic rings. The van der Waals surface area contributed by atoms with E-state index < -0.39 is 5.60 Å². The van der Waals surface area contributed by atoms with Crippen LogP contribution in [-0.2, 0) is 4.74 Å². The third-order valence-electron chi connectivity index (χ3n) is 3.54. The number of thiazole rings is 1. The minimum Gasteiger partial charge on any atom is -0.367 e. The summed E-state index contributed by atoms with van der Waals surface area (Å²) in [7, 11) is 3.74. The zero-order valence-electron chi connectivity index (χ0n) is 13.3. The quantitative estimate of drug-likeness (QED) is 0.925. The van der Waals surface area contributed by atoms with Gasteiger partial charge < -0.3 is 15.0 Å². The average Bonchev–Trinajstić information content (AvgIpc) is 2.76. The van der Waals surface area contributed by atoms with Crippen molar-refractivity contribution < 1.29 is 9.53 Å². The molecule has 0 spiro atoms. The molecule has 1 aromatic heterocycles. The number of carbonyl (C=O) groups excluding carboxylic acids is 1. The topological polar surface area (TPSA) is 54.5 Å². The number of rotatable bonds is 3. The number of anilines is 1. The van der Waals surface area contributed by atoms with E-state index in [9.17, 15) is 4.79 Å². The Morgan fingerprint density at radius 1 is 1.43 bits per heavy atom. The molecule has 0 bridgehead atoms. The Morgan fingerprint density at radius 2 is 2.05 bits per heavy atom. The average molecular weight is 332 g/mol. The van der Waals surface area contributed by atoms with Gasteiger partial charge in [0.2, 0.25) is 0 Å². The fourth-order valence-electron chi connectivity index (χ4n) is 2.63. The fourth-order valence-corrected chi connectivity index (χ4v) is 3.75. The van der Waals surface area contributed by atoms with Gasteiger partial charge in [-0.3, -0.25) is 4.79 Å². The van der Waals surface area contributed by atoms with Gasteiger partial charge in [0, 0.05) is 14.1 Å². The van der Waals surface area contributed by atoms with Crippen LogP contribution < -0.4 is 10.2 Å². The Hall–Kier alpha value is -0.850. The minimum atomic E-state index is -0.402. The summed E-state index contributed by atoms with van der Waals surface area (Å²) in [6.45, 7) is 8.05. The highest BCUT2D eigenvalue weighted by molar-refractivity contribution is 7.18. The SMILES string of the molecule is CN(C)c1nc(Cl)c(C(=O)N[C@H]2CC(C)(C)OC2(C)C)s1. The molecule has 1 saturated heterocycles. The first-order valence-electron chi connectivity index (χ1n) is 6.86. The lowest BCUT2D eigenvalue weighted by atomic mass is 9.94. The maximum atomic E-state index is 12.5. The number of hydrogen-bond donors (Lipinski definition) is 1. The number of hydrogen-bond acceptors (Lipinski definition) is 5. The van der Waals surface area contributed by atoms with Crippen LogP contribution in [0.5, 0.6) is 0 Å². The molecule has 1 N–H and O–H groups in total. The van der Waals surface area contributed by atoms with Gasteiger partial charge in [0.05, 0.1) is 17.2 Å². The smallest absolute Gasteiger partial charge is 0.264 e. The summed E-state index contributed by atoms with van der Waals surface area (Å²) in [5.41, 5.74) is -0.644. The van der Waals surface area contributed by atoms with Crippen LogP contribution in [0.4, 0.5) is 5.13 Å². The van der Waals surface area contributed by atoms with E-state index in [1.807, 2.05) is 46.7 Å². The second-order valence-electron chi connectivity index (χ2n) is 6.71. The Labute approximate surface area is 134 Å². The lowest BCUT2D eigenvalue weighted by molar-refractivity contribution is -0.0693. The van der Waals surface area contributed by atoms with Crippen molar-refractivity contribution in [2.24, 2.45) is 0 Å². The van der Waals surface area contributed by atoms with Crippen molar-refractivity contribution in [3.63, 3.8) is 0 Å². The molecule has 1 amide bonds. The Balaban J connectivity index is 2.15. The molecule has 0 radical (unpaired) electrons. The molecule has 2 rings (SSSR count). The molecular weight excluding hydrogens is 310 g/mol. The lowest BCUT2D eigenvalue weighted by Crippen LogP contribution is -2.46. The predicted molar refractivity (Wildman–Crippen MR) is 86.6 cm³/mol. The van der Waals surface area contributed by atoms with Gasteiger partial charge in [0.15, 0.2) is 10.3 Å². The Bertz CT molecular complexity index is 554. The maximum Gasteiger partial charge on any atom is 0.264 e. The van der Waals surface area contributed by atoms with Crippen LogP contribution in [-0.4, -0.2) is 42.2 Å². The van der Waals surface area contributed by atoms with Crippen molar-refractivity contribution in [1.29, 1.82) is 0 Å². The third-order valence-corrected chi connectivity index (χ3v) is 5.15. The second-order valence-corrected chi connectivity index (χ2v) is 8.04. The van der Waals surface area contributed by atoms with E-state index in [2.05, 4.69) is 10.3 Å². The van der Waals surface area contributed by atoms with E-state index in [1.165, 1.54) is 11.3 Å². The lowest BCUT2D eigenvalue weighted by Gasteiger charge is -2.27. The monoisotopic (exact) mass is 331 g/mol. The number of halogens is 1.